The summed E-state index contributed by atoms with van der Waals surface area (Å²) in [5.74, 6) is -1.43. The van der Waals surface area contributed by atoms with E-state index in [0.29, 0.717) is 5.56 Å². The van der Waals surface area contributed by atoms with Crippen molar-refractivity contribution in [3.05, 3.63) is 28.0 Å². The second-order valence-electron chi connectivity index (χ2n) is 5.10. The van der Waals surface area contributed by atoms with Crippen LogP contribution in [0, 0.1) is 5.82 Å². The Morgan fingerprint density at radius 1 is 1.45 bits per heavy atom. The minimum atomic E-state index is -1.02. The summed E-state index contributed by atoms with van der Waals surface area (Å²) in [4.78, 5) is 24.9. The Kier molecular flexibility index (Phi) is 3.84. The fourth-order valence-electron chi connectivity index (χ4n) is 2.11. The van der Waals surface area contributed by atoms with E-state index < -0.39 is 23.2 Å². The number of carbonyl (C=O) groups is 2. The van der Waals surface area contributed by atoms with Crippen LogP contribution in [0.25, 0.3) is 0 Å². The van der Waals surface area contributed by atoms with Crippen LogP contribution in [0.15, 0.2) is 16.6 Å². The molecular weight excluding hydrogens is 329 g/mol. The van der Waals surface area contributed by atoms with Gasteiger partial charge in [0.1, 0.15) is 5.54 Å². The zero-order valence-electron chi connectivity index (χ0n) is 11.2. The van der Waals surface area contributed by atoms with Crippen LogP contribution in [0.2, 0.25) is 0 Å². The number of anilines is 1. The predicted molar refractivity (Wildman–Crippen MR) is 76.6 cm³/mol. The SMILES string of the molecule is CC1(C)C(=O)NC(=O)CN1c1ccc(CN)c(Br)c1F. The van der Waals surface area contributed by atoms with Crippen LogP contribution in [0.4, 0.5) is 10.1 Å². The molecule has 1 aliphatic heterocycles. The Bertz CT molecular complexity index is 589. The van der Waals surface area contributed by atoms with Gasteiger partial charge in [0.2, 0.25) is 5.91 Å². The number of hydrogen-bond acceptors (Lipinski definition) is 4. The van der Waals surface area contributed by atoms with Gasteiger partial charge in [-0.3, -0.25) is 14.9 Å². The second kappa shape index (κ2) is 5.14. The Morgan fingerprint density at radius 3 is 2.70 bits per heavy atom. The number of carbonyl (C=O) groups excluding carboxylic acids is 2. The van der Waals surface area contributed by atoms with E-state index in [-0.39, 0.29) is 23.2 Å². The predicted octanol–water partition coefficient (Wildman–Crippen LogP) is 1.29. The van der Waals surface area contributed by atoms with Crippen molar-refractivity contribution in [2.75, 3.05) is 11.4 Å². The van der Waals surface area contributed by atoms with E-state index in [1.54, 1.807) is 19.9 Å². The lowest BCUT2D eigenvalue weighted by molar-refractivity contribution is -0.135. The summed E-state index contributed by atoms with van der Waals surface area (Å²) in [5, 5.41) is 2.25. The highest BCUT2D eigenvalue weighted by atomic mass is 79.9. The van der Waals surface area contributed by atoms with Crippen LogP contribution in [-0.2, 0) is 16.1 Å². The van der Waals surface area contributed by atoms with Crippen LogP contribution in [0.5, 0.6) is 0 Å². The third kappa shape index (κ3) is 2.31. The molecule has 5 nitrogen and oxygen atoms in total. The van der Waals surface area contributed by atoms with E-state index >= 15 is 0 Å². The Balaban J connectivity index is 2.52. The molecule has 0 aromatic heterocycles. The molecule has 0 spiro atoms. The topological polar surface area (TPSA) is 75.4 Å². The molecule has 20 heavy (non-hydrogen) atoms. The van der Waals surface area contributed by atoms with Crippen LogP contribution in [0.3, 0.4) is 0 Å². The van der Waals surface area contributed by atoms with Crippen molar-refractivity contribution in [3.8, 4) is 0 Å². The first-order valence-corrected chi connectivity index (χ1v) is 6.87. The Labute approximate surface area is 124 Å². The van der Waals surface area contributed by atoms with Crippen molar-refractivity contribution in [1.82, 2.24) is 5.32 Å². The molecule has 1 fully saturated rings. The van der Waals surface area contributed by atoms with Gasteiger partial charge in [0.15, 0.2) is 5.82 Å². The average Bonchev–Trinajstić information content (AvgIpc) is 2.38. The van der Waals surface area contributed by atoms with Crippen LogP contribution >= 0.6 is 15.9 Å². The molecule has 1 heterocycles. The summed E-state index contributed by atoms with van der Waals surface area (Å²) in [6.45, 7) is 3.39. The fraction of sp³-hybridized carbons (Fsp3) is 0.385. The average molecular weight is 344 g/mol. The number of nitrogens with two attached hydrogens (primary N) is 1. The lowest BCUT2D eigenvalue weighted by atomic mass is 9.97. The number of imide groups is 1. The highest BCUT2D eigenvalue weighted by Gasteiger charge is 2.42. The van der Waals surface area contributed by atoms with E-state index in [9.17, 15) is 14.0 Å². The van der Waals surface area contributed by atoms with Crippen LogP contribution in [-0.4, -0.2) is 23.9 Å². The summed E-state index contributed by atoms with van der Waals surface area (Å²) in [6.07, 6.45) is 0. The van der Waals surface area contributed by atoms with Gasteiger partial charge in [-0.2, -0.15) is 0 Å². The van der Waals surface area contributed by atoms with Crippen molar-refractivity contribution in [2.45, 2.75) is 25.9 Å². The van der Waals surface area contributed by atoms with Crippen LogP contribution < -0.4 is 16.0 Å². The number of amides is 2. The van der Waals surface area contributed by atoms with Crippen molar-refractivity contribution in [3.63, 3.8) is 0 Å². The van der Waals surface area contributed by atoms with Gasteiger partial charge in [-0.05, 0) is 41.4 Å². The molecular formula is C13H15BrFN3O2. The summed E-state index contributed by atoms with van der Waals surface area (Å²) >= 11 is 3.16. The van der Waals surface area contributed by atoms with Gasteiger partial charge in [0, 0.05) is 6.54 Å². The van der Waals surface area contributed by atoms with Gasteiger partial charge in [0.25, 0.3) is 5.91 Å². The van der Waals surface area contributed by atoms with Gasteiger partial charge in [-0.25, -0.2) is 4.39 Å². The van der Waals surface area contributed by atoms with Crippen molar-refractivity contribution in [1.29, 1.82) is 0 Å². The first-order valence-electron chi connectivity index (χ1n) is 6.08. The van der Waals surface area contributed by atoms with Gasteiger partial charge < -0.3 is 10.6 Å². The smallest absolute Gasteiger partial charge is 0.251 e. The molecule has 3 N–H and O–H groups in total. The molecule has 0 aliphatic carbocycles. The standard InChI is InChI=1S/C13H15BrFN3O2/c1-13(2)12(20)17-9(19)6-18(13)8-4-3-7(5-16)10(14)11(8)15/h3-4H,5-6,16H2,1-2H3,(H,17,19,20). The monoisotopic (exact) mass is 343 g/mol. The van der Waals surface area contributed by atoms with E-state index in [1.807, 2.05) is 0 Å². The van der Waals surface area contributed by atoms with E-state index in [2.05, 4.69) is 21.2 Å². The third-order valence-corrected chi connectivity index (χ3v) is 4.30. The molecule has 0 unspecified atom stereocenters. The summed E-state index contributed by atoms with van der Waals surface area (Å²) in [6, 6.07) is 3.21. The summed E-state index contributed by atoms with van der Waals surface area (Å²) in [5.41, 5.74) is 5.32. The van der Waals surface area contributed by atoms with Crippen molar-refractivity contribution >= 4 is 33.4 Å². The van der Waals surface area contributed by atoms with Gasteiger partial charge in [-0.15, -0.1) is 0 Å². The Hall–Kier alpha value is -1.47. The van der Waals surface area contributed by atoms with Crippen molar-refractivity contribution in [2.24, 2.45) is 5.73 Å². The van der Waals surface area contributed by atoms with E-state index in [4.69, 9.17) is 5.73 Å². The normalized spacial score (nSPS) is 18.1. The molecule has 0 saturated carbocycles. The zero-order valence-corrected chi connectivity index (χ0v) is 12.8. The molecule has 0 bridgehead atoms. The maximum Gasteiger partial charge on any atom is 0.251 e. The highest BCUT2D eigenvalue weighted by Crippen LogP contribution is 2.34. The maximum atomic E-state index is 14.4. The number of nitrogens with one attached hydrogen (secondary N) is 1. The van der Waals surface area contributed by atoms with Gasteiger partial charge in [-0.1, -0.05) is 6.07 Å². The number of benzene rings is 1. The largest absolute Gasteiger partial charge is 0.346 e. The molecule has 1 aliphatic rings. The zero-order chi connectivity index (χ0) is 15.1. The molecule has 1 aromatic carbocycles. The summed E-state index contributed by atoms with van der Waals surface area (Å²) in [7, 11) is 0. The lowest BCUT2D eigenvalue weighted by Crippen LogP contribution is -2.64. The van der Waals surface area contributed by atoms with Gasteiger partial charge in [0.05, 0.1) is 16.7 Å². The van der Waals surface area contributed by atoms with Crippen molar-refractivity contribution < 1.29 is 14.0 Å². The molecule has 2 rings (SSSR count). The van der Waals surface area contributed by atoms with Gasteiger partial charge >= 0.3 is 0 Å². The molecule has 1 saturated heterocycles. The fourth-order valence-corrected chi connectivity index (χ4v) is 2.61. The lowest BCUT2D eigenvalue weighted by Gasteiger charge is -2.42. The first kappa shape index (κ1) is 14.9. The van der Waals surface area contributed by atoms with E-state index in [0.717, 1.165) is 0 Å². The first-order chi connectivity index (χ1) is 9.28. The molecule has 0 radical (unpaired) electrons. The number of nitrogens with zero attached hydrogens (tertiary/aromatic N) is 1. The minimum absolute atomic E-state index is 0.0793. The third-order valence-electron chi connectivity index (χ3n) is 3.44. The highest BCUT2D eigenvalue weighted by molar-refractivity contribution is 9.10. The molecule has 1 aromatic rings. The number of halogens is 2. The quantitative estimate of drug-likeness (QED) is 0.793. The molecule has 108 valence electrons. The molecule has 2 amide bonds. The maximum absolute atomic E-state index is 14.4. The molecule has 7 heteroatoms. The number of hydrogen-bond donors (Lipinski definition) is 2. The molecule has 0 atom stereocenters. The second-order valence-corrected chi connectivity index (χ2v) is 5.89. The minimum Gasteiger partial charge on any atom is -0.346 e. The Morgan fingerprint density at radius 2 is 2.10 bits per heavy atom. The number of rotatable bonds is 2. The van der Waals surface area contributed by atoms with E-state index in [1.165, 1.54) is 11.0 Å². The summed E-state index contributed by atoms with van der Waals surface area (Å²) < 4.78 is 14.7. The van der Waals surface area contributed by atoms with Crippen LogP contribution in [0.1, 0.15) is 19.4 Å². The number of piperazine rings is 1.